The Morgan fingerprint density at radius 3 is 2.52 bits per heavy atom. The maximum absolute atomic E-state index is 13.9. The lowest BCUT2D eigenvalue weighted by atomic mass is 10.1. The van der Waals surface area contributed by atoms with Crippen LogP contribution in [0.3, 0.4) is 0 Å². The fraction of sp³-hybridized carbons (Fsp3) is 0.278. The maximum atomic E-state index is 13.9. The van der Waals surface area contributed by atoms with Gasteiger partial charge >= 0.3 is 0 Å². The normalized spacial score (nSPS) is 12.1. The van der Waals surface area contributed by atoms with Crippen molar-refractivity contribution in [2.75, 3.05) is 0 Å². The molecule has 0 saturated carbocycles. The van der Waals surface area contributed by atoms with Gasteiger partial charge in [-0.05, 0) is 44.5 Å². The Morgan fingerprint density at radius 1 is 1.17 bits per heavy atom. The Morgan fingerprint density at radius 2 is 1.87 bits per heavy atom. The second-order valence-corrected chi connectivity index (χ2v) is 5.99. The summed E-state index contributed by atoms with van der Waals surface area (Å²) in [5.74, 6) is -0.413. The van der Waals surface area contributed by atoms with Crippen LogP contribution in [-0.4, -0.2) is 18.1 Å². The number of ether oxygens (including phenoxy) is 1. The lowest BCUT2D eigenvalue weighted by molar-refractivity contribution is -0.127. The third-order valence-electron chi connectivity index (χ3n) is 3.17. The molecule has 0 aliphatic carbocycles. The van der Waals surface area contributed by atoms with Gasteiger partial charge < -0.3 is 10.1 Å². The van der Waals surface area contributed by atoms with E-state index in [1.807, 2.05) is 19.9 Å². The predicted octanol–water partition coefficient (Wildman–Crippen LogP) is 4.44. The summed E-state index contributed by atoms with van der Waals surface area (Å²) in [7, 11) is 0. The van der Waals surface area contributed by atoms with Gasteiger partial charge in [0.2, 0.25) is 0 Å². The van der Waals surface area contributed by atoms with Crippen LogP contribution in [0.1, 0.15) is 20.8 Å². The van der Waals surface area contributed by atoms with Gasteiger partial charge in [0.1, 0.15) is 11.6 Å². The Balaban J connectivity index is 2.24. The molecule has 2 rings (SSSR count). The highest BCUT2D eigenvalue weighted by Crippen LogP contribution is 2.31. The van der Waals surface area contributed by atoms with Crippen molar-refractivity contribution in [3.63, 3.8) is 0 Å². The lowest BCUT2D eigenvalue weighted by Gasteiger charge is -2.17. The van der Waals surface area contributed by atoms with Crippen LogP contribution in [0.25, 0.3) is 11.1 Å². The topological polar surface area (TPSA) is 38.3 Å². The average Bonchev–Trinajstić information content (AvgIpc) is 2.46. The van der Waals surface area contributed by atoms with E-state index in [0.717, 1.165) is 0 Å². The van der Waals surface area contributed by atoms with E-state index in [2.05, 4.69) is 5.32 Å². The lowest BCUT2D eigenvalue weighted by Crippen LogP contribution is -2.40. The minimum absolute atomic E-state index is 0.0137. The highest BCUT2D eigenvalue weighted by molar-refractivity contribution is 6.33. The number of hydrogen-bond donors (Lipinski definition) is 1. The van der Waals surface area contributed by atoms with E-state index in [-0.39, 0.29) is 17.7 Å². The maximum Gasteiger partial charge on any atom is 0.260 e. The molecule has 1 amide bonds. The van der Waals surface area contributed by atoms with Crippen LogP contribution in [0.2, 0.25) is 5.02 Å². The van der Waals surface area contributed by atoms with E-state index < -0.39 is 11.9 Å². The van der Waals surface area contributed by atoms with E-state index in [4.69, 9.17) is 16.3 Å². The first-order chi connectivity index (χ1) is 10.9. The molecule has 0 radical (unpaired) electrons. The molecule has 122 valence electrons. The first kappa shape index (κ1) is 17.3. The fourth-order valence-electron chi connectivity index (χ4n) is 2.14. The molecule has 0 fully saturated rings. The number of hydrogen-bond acceptors (Lipinski definition) is 2. The van der Waals surface area contributed by atoms with Crippen molar-refractivity contribution >= 4 is 17.5 Å². The van der Waals surface area contributed by atoms with Crippen molar-refractivity contribution in [1.29, 1.82) is 0 Å². The molecule has 0 spiro atoms. The molecule has 2 aromatic rings. The summed E-state index contributed by atoms with van der Waals surface area (Å²) < 4.78 is 19.4. The molecule has 5 heteroatoms. The van der Waals surface area contributed by atoms with Gasteiger partial charge in [-0.25, -0.2) is 4.39 Å². The van der Waals surface area contributed by atoms with E-state index >= 15 is 0 Å². The number of carbonyl (C=O) groups is 1. The van der Waals surface area contributed by atoms with Crippen molar-refractivity contribution in [3.8, 4) is 16.9 Å². The summed E-state index contributed by atoms with van der Waals surface area (Å²) in [4.78, 5) is 11.9. The fourth-order valence-corrected chi connectivity index (χ4v) is 2.39. The van der Waals surface area contributed by atoms with E-state index in [1.165, 1.54) is 12.1 Å². The number of carbonyl (C=O) groups excluding carboxylic acids is 1. The molecule has 0 saturated heterocycles. The Bertz CT molecular complexity index is 703. The van der Waals surface area contributed by atoms with Crippen LogP contribution < -0.4 is 10.1 Å². The van der Waals surface area contributed by atoms with E-state index in [1.54, 1.807) is 31.2 Å². The molecular weight excluding hydrogens is 317 g/mol. The quantitative estimate of drug-likeness (QED) is 0.877. The molecule has 0 aromatic heterocycles. The van der Waals surface area contributed by atoms with Crippen molar-refractivity contribution in [1.82, 2.24) is 5.32 Å². The SMILES string of the molecule is CC(C)NC(=O)C(C)Oc1cc(F)cc(-c2ccccc2Cl)c1. The number of benzene rings is 2. The molecule has 1 N–H and O–H groups in total. The van der Waals surface area contributed by atoms with Crippen LogP contribution in [-0.2, 0) is 4.79 Å². The molecule has 0 aliphatic rings. The summed E-state index contributed by atoms with van der Waals surface area (Å²) in [6, 6.07) is 11.5. The van der Waals surface area contributed by atoms with E-state index in [9.17, 15) is 9.18 Å². The Kier molecular flexibility index (Phi) is 5.61. The number of amides is 1. The molecule has 2 aromatic carbocycles. The van der Waals surface area contributed by atoms with Gasteiger partial charge in [-0.1, -0.05) is 29.8 Å². The van der Waals surface area contributed by atoms with Crippen LogP contribution in [0, 0.1) is 5.82 Å². The standard InChI is InChI=1S/C18H19ClFNO2/c1-11(2)21-18(22)12(3)23-15-9-13(8-14(20)10-15)16-6-4-5-7-17(16)19/h4-12H,1-3H3,(H,21,22). The first-order valence-electron chi connectivity index (χ1n) is 7.39. The minimum atomic E-state index is -0.724. The molecule has 1 atom stereocenters. The van der Waals surface area contributed by atoms with Gasteiger partial charge in [-0.2, -0.15) is 0 Å². The van der Waals surface area contributed by atoms with Gasteiger partial charge in [-0.15, -0.1) is 0 Å². The summed E-state index contributed by atoms with van der Waals surface area (Å²) >= 11 is 6.15. The van der Waals surface area contributed by atoms with Gasteiger partial charge in [0.05, 0.1) is 0 Å². The molecule has 23 heavy (non-hydrogen) atoms. The Labute approximate surface area is 140 Å². The predicted molar refractivity (Wildman–Crippen MR) is 90.2 cm³/mol. The summed E-state index contributed by atoms with van der Waals surface area (Å²) in [5.41, 5.74) is 1.31. The van der Waals surface area contributed by atoms with Gasteiger partial charge in [0.25, 0.3) is 5.91 Å². The van der Waals surface area contributed by atoms with Crippen molar-refractivity contribution in [2.24, 2.45) is 0 Å². The monoisotopic (exact) mass is 335 g/mol. The van der Waals surface area contributed by atoms with E-state index in [0.29, 0.717) is 16.1 Å². The van der Waals surface area contributed by atoms with Crippen LogP contribution in [0.5, 0.6) is 5.75 Å². The van der Waals surface area contributed by atoms with Crippen LogP contribution in [0.4, 0.5) is 4.39 Å². The second-order valence-electron chi connectivity index (χ2n) is 5.58. The van der Waals surface area contributed by atoms with Crippen molar-refractivity contribution in [3.05, 3.63) is 53.3 Å². The average molecular weight is 336 g/mol. The molecular formula is C18H19ClFNO2. The third kappa shape index (κ3) is 4.70. The molecule has 3 nitrogen and oxygen atoms in total. The number of rotatable bonds is 5. The highest BCUT2D eigenvalue weighted by atomic mass is 35.5. The number of halogens is 2. The van der Waals surface area contributed by atoms with Crippen LogP contribution in [0.15, 0.2) is 42.5 Å². The summed E-state index contributed by atoms with van der Waals surface area (Å²) in [6.07, 6.45) is -0.724. The van der Waals surface area contributed by atoms with Gasteiger partial charge in [0, 0.05) is 22.7 Å². The van der Waals surface area contributed by atoms with Gasteiger partial charge in [-0.3, -0.25) is 4.79 Å². The zero-order valence-corrected chi connectivity index (χ0v) is 14.0. The zero-order valence-electron chi connectivity index (χ0n) is 13.3. The highest BCUT2D eigenvalue weighted by Gasteiger charge is 2.16. The first-order valence-corrected chi connectivity index (χ1v) is 7.77. The Hall–Kier alpha value is -2.07. The summed E-state index contributed by atoms with van der Waals surface area (Å²) in [5, 5.41) is 3.28. The van der Waals surface area contributed by atoms with Crippen molar-refractivity contribution < 1.29 is 13.9 Å². The second kappa shape index (κ2) is 7.47. The molecule has 0 heterocycles. The molecule has 0 bridgehead atoms. The largest absolute Gasteiger partial charge is 0.481 e. The smallest absolute Gasteiger partial charge is 0.260 e. The summed E-state index contributed by atoms with van der Waals surface area (Å²) in [6.45, 7) is 5.35. The molecule has 0 aliphatic heterocycles. The zero-order chi connectivity index (χ0) is 17.0. The third-order valence-corrected chi connectivity index (χ3v) is 3.50. The number of nitrogens with one attached hydrogen (secondary N) is 1. The van der Waals surface area contributed by atoms with Crippen LogP contribution >= 0.6 is 11.6 Å². The van der Waals surface area contributed by atoms with Gasteiger partial charge in [0.15, 0.2) is 6.10 Å². The minimum Gasteiger partial charge on any atom is -0.481 e. The van der Waals surface area contributed by atoms with Crippen molar-refractivity contribution in [2.45, 2.75) is 32.9 Å². The molecule has 1 unspecified atom stereocenters.